The number of alkyl halides is 3. The number of halogens is 3. The summed E-state index contributed by atoms with van der Waals surface area (Å²) in [5, 5.41) is 8.31. The second-order valence-corrected chi connectivity index (χ2v) is 4.11. The molecule has 4 nitrogen and oxygen atoms in total. The second-order valence-electron chi connectivity index (χ2n) is 4.11. The van der Waals surface area contributed by atoms with Crippen LogP contribution in [0.4, 0.5) is 18.0 Å². The molecule has 0 aliphatic carbocycles. The number of carbonyl (C=O) groups excluding carboxylic acids is 1. The Morgan fingerprint density at radius 1 is 1.38 bits per heavy atom. The van der Waals surface area contributed by atoms with Crippen molar-refractivity contribution in [2.45, 2.75) is 32.5 Å². The van der Waals surface area contributed by atoms with E-state index < -0.39 is 31.0 Å². The Hall–Kier alpha value is -1.45. The summed E-state index contributed by atoms with van der Waals surface area (Å²) in [6, 6.07) is 1.48. The molecule has 0 bridgehead atoms. The summed E-state index contributed by atoms with van der Waals surface area (Å²) in [4.78, 5) is 11.6. The van der Waals surface area contributed by atoms with Gasteiger partial charge < -0.3 is 4.74 Å². The standard InChI is InChI=1S/C9H13F3N2O2/c1-8(2,3)16-7(15)14(5-4-13)6-9(10,11)12/h5-6H2,1-3H3. The van der Waals surface area contributed by atoms with Gasteiger partial charge in [-0.1, -0.05) is 0 Å². The van der Waals surface area contributed by atoms with Gasteiger partial charge >= 0.3 is 12.3 Å². The maximum Gasteiger partial charge on any atom is 0.411 e. The molecule has 0 atom stereocenters. The number of hydrogen-bond donors (Lipinski definition) is 0. The first kappa shape index (κ1) is 14.6. The Morgan fingerprint density at radius 3 is 2.19 bits per heavy atom. The van der Waals surface area contributed by atoms with Crippen LogP contribution in [0.2, 0.25) is 0 Å². The molecule has 7 heteroatoms. The van der Waals surface area contributed by atoms with E-state index in [-0.39, 0.29) is 0 Å². The Morgan fingerprint density at radius 2 is 1.88 bits per heavy atom. The summed E-state index contributed by atoms with van der Waals surface area (Å²) in [6.45, 7) is 2.44. The molecule has 0 heterocycles. The molecule has 0 N–H and O–H groups in total. The molecular formula is C9H13F3N2O2. The van der Waals surface area contributed by atoms with E-state index >= 15 is 0 Å². The summed E-state index contributed by atoms with van der Waals surface area (Å²) >= 11 is 0. The van der Waals surface area contributed by atoms with Crippen molar-refractivity contribution in [1.29, 1.82) is 5.26 Å². The maximum absolute atomic E-state index is 12.1. The highest BCUT2D eigenvalue weighted by Gasteiger charge is 2.34. The van der Waals surface area contributed by atoms with Crippen molar-refractivity contribution >= 4 is 6.09 Å². The summed E-state index contributed by atoms with van der Waals surface area (Å²) in [5.74, 6) is 0. The average molecular weight is 238 g/mol. The van der Waals surface area contributed by atoms with Crippen LogP contribution < -0.4 is 0 Å². The van der Waals surface area contributed by atoms with Crippen LogP contribution in [-0.4, -0.2) is 35.9 Å². The number of rotatable bonds is 2. The van der Waals surface area contributed by atoms with Crippen LogP contribution >= 0.6 is 0 Å². The third-order valence-electron chi connectivity index (χ3n) is 1.28. The highest BCUT2D eigenvalue weighted by atomic mass is 19.4. The van der Waals surface area contributed by atoms with Gasteiger partial charge in [-0.25, -0.2) is 4.79 Å². The Balaban J connectivity index is 4.55. The molecule has 0 aliphatic rings. The minimum atomic E-state index is -4.55. The van der Waals surface area contributed by atoms with E-state index in [0.29, 0.717) is 4.90 Å². The number of amides is 1. The number of ether oxygens (including phenoxy) is 1. The van der Waals surface area contributed by atoms with Crippen LogP contribution in [0.3, 0.4) is 0 Å². The molecule has 0 spiro atoms. The van der Waals surface area contributed by atoms with Gasteiger partial charge in [0.1, 0.15) is 18.7 Å². The predicted molar refractivity (Wildman–Crippen MR) is 49.5 cm³/mol. The fraction of sp³-hybridized carbons (Fsp3) is 0.778. The molecule has 0 aromatic rings. The molecule has 1 amide bonds. The lowest BCUT2D eigenvalue weighted by molar-refractivity contribution is -0.143. The molecule has 0 aliphatic heterocycles. The lowest BCUT2D eigenvalue weighted by Gasteiger charge is -2.26. The van der Waals surface area contributed by atoms with Crippen molar-refractivity contribution in [3.63, 3.8) is 0 Å². The molecular weight excluding hydrogens is 225 g/mol. The highest BCUT2D eigenvalue weighted by Crippen LogP contribution is 2.18. The first-order valence-corrected chi connectivity index (χ1v) is 4.47. The van der Waals surface area contributed by atoms with Gasteiger partial charge in [-0.05, 0) is 20.8 Å². The lowest BCUT2D eigenvalue weighted by Crippen LogP contribution is -2.42. The molecule has 0 unspecified atom stereocenters. The molecule has 0 saturated heterocycles. The molecule has 92 valence electrons. The van der Waals surface area contributed by atoms with Crippen molar-refractivity contribution < 1.29 is 22.7 Å². The van der Waals surface area contributed by atoms with Gasteiger partial charge in [-0.15, -0.1) is 0 Å². The number of carbonyl (C=O) groups is 1. The minimum Gasteiger partial charge on any atom is -0.444 e. The summed E-state index contributed by atoms with van der Waals surface area (Å²) < 4.78 is 40.9. The van der Waals surface area contributed by atoms with E-state index in [9.17, 15) is 18.0 Å². The van der Waals surface area contributed by atoms with E-state index in [4.69, 9.17) is 10.00 Å². The quantitative estimate of drug-likeness (QED) is 0.693. The fourth-order valence-electron chi connectivity index (χ4n) is 0.813. The van der Waals surface area contributed by atoms with Gasteiger partial charge in [-0.3, -0.25) is 4.90 Å². The molecule has 0 aromatic carbocycles. The van der Waals surface area contributed by atoms with E-state index in [1.165, 1.54) is 26.8 Å². The van der Waals surface area contributed by atoms with Crippen LogP contribution in [0, 0.1) is 11.3 Å². The lowest BCUT2D eigenvalue weighted by atomic mass is 10.2. The van der Waals surface area contributed by atoms with Gasteiger partial charge in [0.25, 0.3) is 0 Å². The SMILES string of the molecule is CC(C)(C)OC(=O)N(CC#N)CC(F)(F)F. The van der Waals surface area contributed by atoms with E-state index in [1.807, 2.05) is 0 Å². The Kier molecular flexibility index (Phi) is 4.60. The van der Waals surface area contributed by atoms with E-state index in [0.717, 1.165) is 0 Å². The molecule has 0 saturated carbocycles. The topological polar surface area (TPSA) is 53.3 Å². The zero-order valence-electron chi connectivity index (χ0n) is 9.26. The van der Waals surface area contributed by atoms with Crippen molar-refractivity contribution in [2.24, 2.45) is 0 Å². The number of nitriles is 1. The van der Waals surface area contributed by atoms with Gasteiger partial charge in [0.05, 0.1) is 6.07 Å². The van der Waals surface area contributed by atoms with Gasteiger partial charge in [0, 0.05) is 0 Å². The largest absolute Gasteiger partial charge is 0.444 e. The zero-order chi connectivity index (χ0) is 13.0. The first-order valence-electron chi connectivity index (χ1n) is 4.47. The summed E-state index contributed by atoms with van der Waals surface area (Å²) in [6.07, 6.45) is -5.69. The fourth-order valence-corrected chi connectivity index (χ4v) is 0.813. The molecule has 0 aromatic heterocycles. The monoisotopic (exact) mass is 238 g/mol. The van der Waals surface area contributed by atoms with Crippen molar-refractivity contribution in [3.05, 3.63) is 0 Å². The number of hydrogen-bond acceptors (Lipinski definition) is 3. The third kappa shape index (κ3) is 6.92. The van der Waals surface area contributed by atoms with Crippen LogP contribution in [0.25, 0.3) is 0 Å². The van der Waals surface area contributed by atoms with Gasteiger partial charge in [-0.2, -0.15) is 18.4 Å². The van der Waals surface area contributed by atoms with Crippen molar-refractivity contribution in [1.82, 2.24) is 4.90 Å². The molecule has 0 radical (unpaired) electrons. The first-order chi connectivity index (χ1) is 7.05. The van der Waals surface area contributed by atoms with Gasteiger partial charge in [0.2, 0.25) is 0 Å². The summed E-state index contributed by atoms with van der Waals surface area (Å²) in [5.41, 5.74) is -0.892. The third-order valence-corrected chi connectivity index (χ3v) is 1.28. The number of nitrogens with zero attached hydrogens (tertiary/aromatic N) is 2. The van der Waals surface area contributed by atoms with Crippen LogP contribution in [0.1, 0.15) is 20.8 Å². The molecule has 16 heavy (non-hydrogen) atoms. The van der Waals surface area contributed by atoms with E-state index in [1.54, 1.807) is 0 Å². The second kappa shape index (κ2) is 5.05. The Labute approximate surface area is 91.6 Å². The predicted octanol–water partition coefficient (Wildman–Crippen LogP) is 2.31. The molecule has 0 rings (SSSR count). The van der Waals surface area contributed by atoms with Crippen LogP contribution in [0.15, 0.2) is 0 Å². The highest BCUT2D eigenvalue weighted by molar-refractivity contribution is 5.68. The minimum absolute atomic E-state index is 0.311. The smallest absolute Gasteiger partial charge is 0.411 e. The molecule has 0 fully saturated rings. The van der Waals surface area contributed by atoms with Crippen molar-refractivity contribution in [3.8, 4) is 6.07 Å². The summed E-state index contributed by atoms with van der Waals surface area (Å²) in [7, 11) is 0. The van der Waals surface area contributed by atoms with Crippen LogP contribution in [0.5, 0.6) is 0 Å². The Bertz CT molecular complexity index is 289. The normalized spacial score (nSPS) is 11.8. The van der Waals surface area contributed by atoms with E-state index in [2.05, 4.69) is 0 Å². The maximum atomic E-state index is 12.1. The van der Waals surface area contributed by atoms with Crippen molar-refractivity contribution in [2.75, 3.05) is 13.1 Å². The van der Waals surface area contributed by atoms with Crippen LogP contribution in [-0.2, 0) is 4.74 Å². The van der Waals surface area contributed by atoms with Gasteiger partial charge in [0.15, 0.2) is 0 Å². The average Bonchev–Trinajstić information content (AvgIpc) is 1.97. The zero-order valence-corrected chi connectivity index (χ0v) is 9.26.